The molecule has 0 aromatic carbocycles. The summed E-state index contributed by atoms with van der Waals surface area (Å²) in [5.41, 5.74) is 0.851. The van der Waals surface area contributed by atoms with Gasteiger partial charge in [-0.3, -0.25) is 15.2 Å². The van der Waals surface area contributed by atoms with Gasteiger partial charge in [0.15, 0.2) is 11.4 Å². The number of pyridine rings is 1. The van der Waals surface area contributed by atoms with Crippen LogP contribution in [0.2, 0.25) is 0 Å². The molecule has 3 rings (SSSR count). The van der Waals surface area contributed by atoms with Crippen LogP contribution in [-0.4, -0.2) is 41.5 Å². The zero-order valence-electron chi connectivity index (χ0n) is 19.5. The first-order valence-electron chi connectivity index (χ1n) is 11.1. The molecule has 0 bridgehead atoms. The van der Waals surface area contributed by atoms with Crippen LogP contribution in [-0.2, 0) is 16.7 Å². The third-order valence-corrected chi connectivity index (χ3v) is 7.35. The number of hydrogen-bond acceptors (Lipinski definition) is 5. The van der Waals surface area contributed by atoms with E-state index in [-0.39, 0.29) is 16.8 Å². The van der Waals surface area contributed by atoms with Crippen LogP contribution in [0.4, 0.5) is 13.6 Å². The maximum Gasteiger partial charge on any atom is 0.409 e. The number of alkyl halides is 1. The van der Waals surface area contributed by atoms with Gasteiger partial charge in [-0.25, -0.2) is 9.18 Å². The molecule has 1 N–H and O–H groups in total. The van der Waals surface area contributed by atoms with Gasteiger partial charge in [-0.15, -0.1) is 11.3 Å². The van der Waals surface area contributed by atoms with Gasteiger partial charge in [0.25, 0.3) is 0 Å². The lowest BCUT2D eigenvalue weighted by Crippen LogP contribution is -2.49. The zero-order chi connectivity index (χ0) is 23.5. The highest BCUT2D eigenvalue weighted by atomic mass is 32.1. The molecule has 2 aromatic heterocycles. The maximum absolute atomic E-state index is 15.7. The maximum atomic E-state index is 15.7. The number of nitrogens with one attached hydrogen (secondary N) is 1. The van der Waals surface area contributed by atoms with E-state index in [1.165, 1.54) is 6.07 Å². The predicted octanol–water partition coefficient (Wildman–Crippen LogP) is 5.58. The first-order valence-corrected chi connectivity index (χ1v) is 11.9. The van der Waals surface area contributed by atoms with Crippen LogP contribution < -0.4 is 5.32 Å². The van der Waals surface area contributed by atoms with Crippen LogP contribution in [0.15, 0.2) is 30.5 Å². The van der Waals surface area contributed by atoms with Crippen molar-refractivity contribution >= 4 is 17.4 Å². The van der Waals surface area contributed by atoms with Crippen LogP contribution in [0, 0.1) is 17.5 Å². The summed E-state index contributed by atoms with van der Waals surface area (Å²) in [5.74, 6) is 0. The van der Waals surface area contributed by atoms with E-state index in [9.17, 15) is 9.18 Å². The summed E-state index contributed by atoms with van der Waals surface area (Å²) >= 11 is 1.09. The fraction of sp³-hybridized carbons (Fsp3) is 0.583. The number of aromatic nitrogens is 1. The SMILES string of the molecule is Cc1ccc(C(C)(C)N2CC[C@@](CCc3ccc(F)s3)([C@@H](F)NC(=O)OC(C)C)C2)cn1. The molecule has 1 aliphatic heterocycles. The number of carbonyl (C=O) groups excluding carboxylic acids is 1. The summed E-state index contributed by atoms with van der Waals surface area (Å²) in [6.45, 7) is 10.8. The number of alkyl carbamates (subject to hydrolysis) is 1. The quantitative estimate of drug-likeness (QED) is 0.517. The van der Waals surface area contributed by atoms with Crippen LogP contribution in [0.25, 0.3) is 0 Å². The van der Waals surface area contributed by atoms with Crippen LogP contribution in [0.3, 0.4) is 0 Å². The molecule has 176 valence electrons. The van der Waals surface area contributed by atoms with Gasteiger partial charge in [0, 0.05) is 34.3 Å². The molecule has 0 unspecified atom stereocenters. The molecule has 1 fully saturated rings. The summed E-state index contributed by atoms with van der Waals surface area (Å²) in [4.78, 5) is 19.7. The second kappa shape index (κ2) is 9.83. The number of likely N-dealkylation sites (tertiary alicyclic amines) is 1. The fourth-order valence-electron chi connectivity index (χ4n) is 4.29. The largest absolute Gasteiger partial charge is 0.447 e. The molecule has 3 heterocycles. The summed E-state index contributed by atoms with van der Waals surface area (Å²) in [6.07, 6.45) is 0.831. The predicted molar refractivity (Wildman–Crippen MR) is 123 cm³/mol. The normalized spacial score (nSPS) is 20.5. The van der Waals surface area contributed by atoms with E-state index >= 15 is 4.39 Å². The van der Waals surface area contributed by atoms with Gasteiger partial charge in [-0.2, -0.15) is 4.39 Å². The highest BCUT2D eigenvalue weighted by Crippen LogP contribution is 2.44. The smallest absolute Gasteiger partial charge is 0.409 e. The van der Waals surface area contributed by atoms with Crippen molar-refractivity contribution in [2.45, 2.75) is 71.8 Å². The van der Waals surface area contributed by atoms with Crippen LogP contribution >= 0.6 is 11.3 Å². The molecule has 0 saturated carbocycles. The third-order valence-electron chi connectivity index (χ3n) is 6.42. The van der Waals surface area contributed by atoms with E-state index in [4.69, 9.17) is 4.74 Å². The Balaban J connectivity index is 1.80. The van der Waals surface area contributed by atoms with Gasteiger partial charge >= 0.3 is 6.09 Å². The number of rotatable bonds is 8. The third kappa shape index (κ3) is 5.64. The Morgan fingerprint density at radius 3 is 2.69 bits per heavy atom. The molecule has 8 heteroatoms. The molecule has 1 saturated heterocycles. The van der Waals surface area contributed by atoms with E-state index in [0.717, 1.165) is 27.5 Å². The highest BCUT2D eigenvalue weighted by molar-refractivity contribution is 7.10. The van der Waals surface area contributed by atoms with Gasteiger partial charge in [0.05, 0.1) is 6.10 Å². The van der Waals surface area contributed by atoms with Crippen molar-refractivity contribution in [2.24, 2.45) is 5.41 Å². The van der Waals surface area contributed by atoms with Crippen molar-refractivity contribution in [1.29, 1.82) is 0 Å². The van der Waals surface area contributed by atoms with Crippen LogP contribution in [0.1, 0.15) is 56.7 Å². The fourth-order valence-corrected chi connectivity index (χ4v) is 5.01. The van der Waals surface area contributed by atoms with E-state index in [0.29, 0.717) is 32.4 Å². The summed E-state index contributed by atoms with van der Waals surface area (Å²) in [6, 6.07) is 7.22. The van der Waals surface area contributed by atoms with Gasteiger partial charge in [0.1, 0.15) is 0 Å². The zero-order valence-corrected chi connectivity index (χ0v) is 20.3. The molecule has 5 nitrogen and oxygen atoms in total. The number of amides is 1. The lowest BCUT2D eigenvalue weighted by molar-refractivity contribution is 0.0406. The second-order valence-electron chi connectivity index (χ2n) is 9.45. The molecule has 2 aromatic rings. The van der Waals surface area contributed by atoms with E-state index in [2.05, 4.69) is 35.1 Å². The van der Waals surface area contributed by atoms with E-state index < -0.39 is 17.8 Å². The van der Waals surface area contributed by atoms with Crippen molar-refractivity contribution in [2.75, 3.05) is 13.1 Å². The number of hydrogen-bond donors (Lipinski definition) is 1. The van der Waals surface area contributed by atoms with Gasteiger partial charge in [-0.1, -0.05) is 6.07 Å². The van der Waals surface area contributed by atoms with Crippen molar-refractivity contribution < 1.29 is 18.3 Å². The summed E-state index contributed by atoms with van der Waals surface area (Å²) in [5, 5.41) is 2.17. The van der Waals surface area contributed by atoms with E-state index in [1.807, 2.05) is 19.2 Å². The van der Waals surface area contributed by atoms with Crippen molar-refractivity contribution in [1.82, 2.24) is 15.2 Å². The topological polar surface area (TPSA) is 54.5 Å². The monoisotopic (exact) mass is 465 g/mol. The average molecular weight is 466 g/mol. The Hall–Kier alpha value is -2.06. The molecule has 1 amide bonds. The number of thiophene rings is 1. The van der Waals surface area contributed by atoms with Crippen molar-refractivity contribution in [3.63, 3.8) is 0 Å². The number of carbonyl (C=O) groups is 1. The molecule has 1 aliphatic rings. The Morgan fingerprint density at radius 1 is 1.34 bits per heavy atom. The minimum absolute atomic E-state index is 0.245. The molecular formula is C24H33F2N3O2S. The highest BCUT2D eigenvalue weighted by Gasteiger charge is 2.49. The first kappa shape index (κ1) is 24.6. The van der Waals surface area contributed by atoms with Crippen molar-refractivity contribution in [3.05, 3.63) is 51.7 Å². The summed E-state index contributed by atoms with van der Waals surface area (Å²) in [7, 11) is 0. The first-order chi connectivity index (χ1) is 15.0. The van der Waals surface area contributed by atoms with Gasteiger partial charge in [0.2, 0.25) is 0 Å². The van der Waals surface area contributed by atoms with Gasteiger partial charge < -0.3 is 4.74 Å². The lowest BCUT2D eigenvalue weighted by atomic mass is 9.80. The summed E-state index contributed by atoms with van der Waals surface area (Å²) < 4.78 is 34.2. The Morgan fingerprint density at radius 2 is 2.09 bits per heavy atom. The number of nitrogens with zero attached hydrogens (tertiary/aromatic N) is 2. The standard InChI is InChI=1S/C24H33F2N3O2S/c1-16(2)31-22(30)28-21(26)24(11-10-19-8-9-20(25)32-19)12-13-29(15-24)23(4,5)18-7-6-17(3)27-14-18/h6-9,14,16,21H,10-13,15H2,1-5H3,(H,28,30)/t21-,24+/m0/s1. The Bertz CT molecular complexity index is 916. The Kier molecular flexibility index (Phi) is 7.55. The minimum atomic E-state index is -1.57. The molecule has 32 heavy (non-hydrogen) atoms. The average Bonchev–Trinajstić information content (AvgIpc) is 3.33. The van der Waals surface area contributed by atoms with Gasteiger partial charge in [-0.05, 0) is 84.2 Å². The van der Waals surface area contributed by atoms with Crippen molar-refractivity contribution in [3.8, 4) is 0 Å². The number of ether oxygens (including phenoxy) is 1. The van der Waals surface area contributed by atoms with E-state index in [1.54, 1.807) is 19.9 Å². The minimum Gasteiger partial charge on any atom is -0.447 e. The Labute approximate surface area is 193 Å². The molecular weight excluding hydrogens is 432 g/mol. The second-order valence-corrected chi connectivity index (χ2v) is 10.6. The molecule has 0 radical (unpaired) electrons. The molecule has 0 spiro atoms. The molecule has 2 atom stereocenters. The molecule has 0 aliphatic carbocycles. The number of halogens is 2. The lowest BCUT2D eigenvalue weighted by Gasteiger charge is -2.39. The van der Waals surface area contributed by atoms with Crippen LogP contribution in [0.5, 0.6) is 0 Å². The number of aryl methyl sites for hydroxylation is 2.